The quantitative estimate of drug-likeness (QED) is 0.743. The number of fused-ring (bicyclic) bond motifs is 2. The Morgan fingerprint density at radius 1 is 1.31 bits per heavy atom. The summed E-state index contributed by atoms with van der Waals surface area (Å²) in [5.41, 5.74) is -0.988. The minimum atomic E-state index is -0.675. The van der Waals surface area contributed by atoms with Gasteiger partial charge in [-0.3, -0.25) is 4.79 Å². The zero-order valence-corrected chi connectivity index (χ0v) is 10.8. The molecule has 0 aromatic carbocycles. The van der Waals surface area contributed by atoms with E-state index in [1.54, 1.807) is 0 Å². The first-order valence-corrected chi connectivity index (χ1v) is 6.60. The number of hydrogen-bond acceptors (Lipinski definition) is 2. The lowest BCUT2D eigenvalue weighted by molar-refractivity contribution is -0.138. The van der Waals surface area contributed by atoms with Gasteiger partial charge in [-0.25, -0.2) is 0 Å². The third kappa shape index (κ3) is 2.04. The van der Waals surface area contributed by atoms with Crippen molar-refractivity contribution in [1.82, 2.24) is 0 Å². The van der Waals surface area contributed by atoms with Gasteiger partial charge in [0.2, 0.25) is 0 Å². The van der Waals surface area contributed by atoms with Crippen LogP contribution < -0.4 is 0 Å². The van der Waals surface area contributed by atoms with E-state index in [4.69, 9.17) is 0 Å². The molecule has 0 heterocycles. The van der Waals surface area contributed by atoms with Crippen LogP contribution in [0.15, 0.2) is 0 Å². The fourth-order valence-electron chi connectivity index (χ4n) is 3.51. The minimum absolute atomic E-state index is 0.0993. The fraction of sp³-hybridized carbons (Fsp3) is 0.929. The second-order valence-electron chi connectivity index (χ2n) is 6.82. The molecule has 0 saturated heterocycles. The van der Waals surface area contributed by atoms with Crippen LogP contribution in [0.2, 0.25) is 0 Å². The Bertz CT molecular complexity index is 290. The van der Waals surface area contributed by atoms with Gasteiger partial charge in [-0.05, 0) is 25.2 Å². The number of carbonyl (C=O) groups is 1. The van der Waals surface area contributed by atoms with Crippen molar-refractivity contribution in [3.8, 4) is 0 Å². The lowest BCUT2D eigenvalue weighted by atomic mass is 9.74. The van der Waals surface area contributed by atoms with Crippen LogP contribution >= 0.6 is 0 Å². The largest absolute Gasteiger partial charge is 0.389 e. The van der Waals surface area contributed by atoms with Crippen LogP contribution in [0.5, 0.6) is 0 Å². The lowest BCUT2D eigenvalue weighted by Gasteiger charge is -2.33. The molecule has 0 spiro atoms. The normalized spacial score (nSPS) is 39.5. The highest BCUT2D eigenvalue weighted by molar-refractivity contribution is 5.87. The third-order valence-corrected chi connectivity index (χ3v) is 4.39. The minimum Gasteiger partial charge on any atom is -0.389 e. The maximum Gasteiger partial charge on any atom is 0.144 e. The van der Waals surface area contributed by atoms with Gasteiger partial charge in [-0.15, -0.1) is 0 Å². The molecule has 0 amide bonds. The number of ketones is 1. The predicted molar refractivity (Wildman–Crippen MR) is 64.1 cm³/mol. The maximum atomic E-state index is 12.4. The molecule has 2 fully saturated rings. The van der Waals surface area contributed by atoms with Crippen LogP contribution in [0.25, 0.3) is 0 Å². The smallest absolute Gasteiger partial charge is 0.144 e. The molecule has 2 aliphatic carbocycles. The molecule has 3 atom stereocenters. The molecule has 2 nitrogen and oxygen atoms in total. The van der Waals surface area contributed by atoms with Crippen molar-refractivity contribution in [2.45, 2.75) is 64.9 Å². The standard InChI is InChI=1S/C14H24O2/c1-13(2,3)12(15)11-8-10-6-4-5-7-14(11,16)9-10/h10-11,16H,4-9H2,1-3H3/t10-,11+,14+/m1/s1. The number of hydrogen-bond donors (Lipinski definition) is 1. The second kappa shape index (κ2) is 3.83. The first-order valence-electron chi connectivity index (χ1n) is 6.60. The molecule has 2 heteroatoms. The average molecular weight is 224 g/mol. The second-order valence-corrected chi connectivity index (χ2v) is 6.82. The van der Waals surface area contributed by atoms with Gasteiger partial charge in [0.1, 0.15) is 5.78 Å². The van der Waals surface area contributed by atoms with E-state index in [-0.39, 0.29) is 17.1 Å². The third-order valence-electron chi connectivity index (χ3n) is 4.39. The molecule has 92 valence electrons. The van der Waals surface area contributed by atoms with Gasteiger partial charge in [0, 0.05) is 11.3 Å². The number of carbonyl (C=O) groups excluding carboxylic acids is 1. The summed E-state index contributed by atoms with van der Waals surface area (Å²) < 4.78 is 0. The molecule has 2 aliphatic rings. The summed E-state index contributed by atoms with van der Waals surface area (Å²) in [6.07, 6.45) is 6.13. The van der Waals surface area contributed by atoms with Crippen molar-refractivity contribution in [2.75, 3.05) is 0 Å². The SMILES string of the molecule is CC(C)(C)C(=O)[C@@H]1C[C@H]2CCCC[C@]1(O)C2. The first kappa shape index (κ1) is 12.1. The van der Waals surface area contributed by atoms with Crippen molar-refractivity contribution in [2.24, 2.45) is 17.3 Å². The maximum absolute atomic E-state index is 12.4. The van der Waals surface area contributed by atoms with Gasteiger partial charge in [0.15, 0.2) is 0 Å². The van der Waals surface area contributed by atoms with Crippen LogP contribution in [-0.2, 0) is 4.79 Å². The van der Waals surface area contributed by atoms with E-state index in [1.165, 1.54) is 12.8 Å². The Kier molecular flexibility index (Phi) is 2.90. The highest BCUT2D eigenvalue weighted by atomic mass is 16.3. The highest BCUT2D eigenvalue weighted by Gasteiger charge is 2.51. The molecule has 16 heavy (non-hydrogen) atoms. The van der Waals surface area contributed by atoms with Crippen molar-refractivity contribution < 1.29 is 9.90 Å². The van der Waals surface area contributed by atoms with E-state index >= 15 is 0 Å². The molecule has 0 aliphatic heterocycles. The molecule has 0 aromatic heterocycles. The van der Waals surface area contributed by atoms with E-state index in [1.807, 2.05) is 20.8 Å². The summed E-state index contributed by atoms with van der Waals surface area (Å²) in [4.78, 5) is 12.4. The summed E-state index contributed by atoms with van der Waals surface area (Å²) in [5, 5.41) is 10.7. The Balaban J connectivity index is 2.20. The monoisotopic (exact) mass is 224 g/mol. The van der Waals surface area contributed by atoms with E-state index < -0.39 is 5.60 Å². The fourth-order valence-corrected chi connectivity index (χ4v) is 3.51. The zero-order valence-electron chi connectivity index (χ0n) is 10.8. The number of aliphatic hydroxyl groups is 1. The van der Waals surface area contributed by atoms with Crippen LogP contribution in [0.1, 0.15) is 59.3 Å². The molecular weight excluding hydrogens is 200 g/mol. The molecular formula is C14H24O2. The van der Waals surface area contributed by atoms with E-state index in [0.29, 0.717) is 5.92 Å². The van der Waals surface area contributed by atoms with Gasteiger partial charge < -0.3 is 5.11 Å². The number of rotatable bonds is 1. The Morgan fingerprint density at radius 3 is 2.62 bits per heavy atom. The van der Waals surface area contributed by atoms with Crippen molar-refractivity contribution in [1.29, 1.82) is 0 Å². The van der Waals surface area contributed by atoms with Gasteiger partial charge in [-0.2, -0.15) is 0 Å². The summed E-state index contributed by atoms with van der Waals surface area (Å²) in [7, 11) is 0. The summed E-state index contributed by atoms with van der Waals surface area (Å²) in [6.45, 7) is 5.90. The Labute approximate surface area is 98.4 Å². The Hall–Kier alpha value is -0.370. The van der Waals surface area contributed by atoms with Crippen molar-refractivity contribution in [3.63, 3.8) is 0 Å². The van der Waals surface area contributed by atoms with Gasteiger partial charge in [-0.1, -0.05) is 40.0 Å². The topological polar surface area (TPSA) is 37.3 Å². The molecule has 0 aromatic rings. The molecule has 2 bridgehead atoms. The predicted octanol–water partition coefficient (Wildman–Crippen LogP) is 2.93. The average Bonchev–Trinajstić information content (AvgIpc) is 2.34. The number of Topliss-reactive ketones (excluding diaryl/α,β-unsaturated/α-hetero) is 1. The van der Waals surface area contributed by atoms with Gasteiger partial charge in [0.05, 0.1) is 5.60 Å². The first-order chi connectivity index (χ1) is 7.33. The molecule has 0 unspecified atom stereocenters. The van der Waals surface area contributed by atoms with Gasteiger partial charge >= 0.3 is 0 Å². The van der Waals surface area contributed by atoms with E-state index in [2.05, 4.69) is 0 Å². The van der Waals surface area contributed by atoms with Gasteiger partial charge in [0.25, 0.3) is 0 Å². The summed E-state index contributed by atoms with van der Waals surface area (Å²) in [5.74, 6) is 0.751. The Morgan fingerprint density at radius 2 is 2.00 bits per heavy atom. The molecule has 2 saturated carbocycles. The summed E-state index contributed by atoms with van der Waals surface area (Å²) >= 11 is 0. The lowest BCUT2D eigenvalue weighted by Crippen LogP contribution is -2.42. The zero-order chi connectivity index (χ0) is 12.0. The van der Waals surface area contributed by atoms with Crippen molar-refractivity contribution >= 4 is 5.78 Å². The summed E-state index contributed by atoms with van der Waals surface area (Å²) in [6, 6.07) is 0. The molecule has 1 N–H and O–H groups in total. The van der Waals surface area contributed by atoms with Crippen molar-refractivity contribution in [3.05, 3.63) is 0 Å². The van der Waals surface area contributed by atoms with E-state index in [9.17, 15) is 9.90 Å². The highest BCUT2D eigenvalue weighted by Crippen LogP contribution is 2.49. The van der Waals surface area contributed by atoms with E-state index in [0.717, 1.165) is 25.7 Å². The molecule has 0 radical (unpaired) electrons. The van der Waals surface area contributed by atoms with Crippen LogP contribution in [0.3, 0.4) is 0 Å². The van der Waals surface area contributed by atoms with Crippen LogP contribution in [-0.4, -0.2) is 16.5 Å². The molecule has 2 rings (SSSR count). The van der Waals surface area contributed by atoms with Crippen LogP contribution in [0.4, 0.5) is 0 Å². The van der Waals surface area contributed by atoms with Crippen LogP contribution in [0, 0.1) is 17.3 Å².